The van der Waals surface area contributed by atoms with Gasteiger partial charge in [0.05, 0.1) is 12.4 Å². The van der Waals surface area contributed by atoms with E-state index in [1.54, 1.807) is 12.4 Å². The van der Waals surface area contributed by atoms with E-state index in [9.17, 15) is 0 Å². The smallest absolute Gasteiger partial charge is 0.176 e. The third-order valence-corrected chi connectivity index (χ3v) is 3.66. The van der Waals surface area contributed by atoms with Gasteiger partial charge in [-0.1, -0.05) is 48.5 Å². The van der Waals surface area contributed by atoms with Crippen LogP contribution in [0.1, 0.15) is 13.8 Å². The number of carbonyl (C=O) groups is 1. The molecule has 4 N–H and O–H groups in total. The first-order chi connectivity index (χ1) is 14.2. The van der Waals surface area contributed by atoms with Crippen LogP contribution in [0.5, 0.6) is 0 Å². The average molecular weight is 390 g/mol. The van der Waals surface area contributed by atoms with Crippen LogP contribution in [0.25, 0.3) is 21.5 Å². The molecule has 148 valence electrons. The molecule has 9 heteroatoms. The lowest BCUT2D eigenvalue weighted by Gasteiger charge is -2.03. The number of hydrazone groups is 1. The molecular formula is C20H22N8O. The van der Waals surface area contributed by atoms with E-state index in [1.165, 1.54) is 0 Å². The molecule has 0 aliphatic carbocycles. The highest BCUT2D eigenvalue weighted by Gasteiger charge is 2.00. The molecule has 0 saturated heterocycles. The van der Waals surface area contributed by atoms with Crippen LogP contribution in [0.3, 0.4) is 0 Å². The first-order valence-corrected chi connectivity index (χ1v) is 8.62. The van der Waals surface area contributed by atoms with Gasteiger partial charge in [-0.3, -0.25) is 5.43 Å². The van der Waals surface area contributed by atoms with E-state index < -0.39 is 0 Å². The topological polar surface area (TPSA) is 131 Å². The third-order valence-electron chi connectivity index (χ3n) is 3.66. The molecule has 0 aliphatic rings. The summed E-state index contributed by atoms with van der Waals surface area (Å²) in [6, 6.07) is 15.7. The van der Waals surface area contributed by atoms with Crippen LogP contribution in [-0.4, -0.2) is 32.9 Å². The van der Waals surface area contributed by atoms with Crippen LogP contribution in [0, 0.1) is 0 Å². The van der Waals surface area contributed by atoms with Crippen LogP contribution < -0.4 is 16.7 Å². The Morgan fingerprint density at radius 1 is 0.862 bits per heavy atom. The molecule has 4 rings (SSSR count). The zero-order valence-corrected chi connectivity index (χ0v) is 16.2. The fourth-order valence-corrected chi connectivity index (χ4v) is 2.41. The van der Waals surface area contributed by atoms with Crippen molar-refractivity contribution < 1.29 is 4.79 Å². The van der Waals surface area contributed by atoms with Crippen molar-refractivity contribution in [3.8, 4) is 0 Å². The van der Waals surface area contributed by atoms with Gasteiger partial charge in [0.2, 0.25) is 0 Å². The van der Waals surface area contributed by atoms with Crippen LogP contribution in [-0.2, 0) is 4.79 Å². The summed E-state index contributed by atoms with van der Waals surface area (Å²) in [5, 5.41) is 23.7. The quantitative estimate of drug-likeness (QED) is 0.276. The number of nitrogens with one attached hydrogen (secondary N) is 2. The summed E-state index contributed by atoms with van der Waals surface area (Å²) in [5.74, 6) is 6.56. The van der Waals surface area contributed by atoms with E-state index in [4.69, 9.17) is 10.6 Å². The molecule has 0 atom stereocenters. The van der Waals surface area contributed by atoms with Gasteiger partial charge in [0.15, 0.2) is 11.6 Å². The molecule has 9 nitrogen and oxygen atoms in total. The highest BCUT2D eigenvalue weighted by atomic mass is 16.1. The number of hydrogen-bond donors (Lipinski definition) is 3. The maximum Gasteiger partial charge on any atom is 0.176 e. The van der Waals surface area contributed by atoms with Crippen molar-refractivity contribution in [3.05, 3.63) is 60.9 Å². The van der Waals surface area contributed by atoms with Crippen LogP contribution >= 0.6 is 0 Å². The van der Waals surface area contributed by atoms with Gasteiger partial charge in [-0.2, -0.15) is 15.3 Å². The Bertz CT molecular complexity index is 1090. The van der Waals surface area contributed by atoms with E-state index in [0.717, 1.165) is 27.3 Å². The first-order valence-electron chi connectivity index (χ1n) is 8.62. The number of benzene rings is 2. The lowest BCUT2D eigenvalue weighted by Crippen LogP contribution is -2.09. The van der Waals surface area contributed by atoms with E-state index >= 15 is 0 Å². The fourth-order valence-electron chi connectivity index (χ4n) is 2.41. The highest BCUT2D eigenvalue weighted by molar-refractivity contribution is 5.91. The second-order valence-electron chi connectivity index (χ2n) is 5.88. The van der Waals surface area contributed by atoms with Crippen molar-refractivity contribution in [1.29, 1.82) is 0 Å². The van der Waals surface area contributed by atoms with Gasteiger partial charge in [-0.25, -0.2) is 5.84 Å². The average Bonchev–Trinajstić information content (AvgIpc) is 2.79. The van der Waals surface area contributed by atoms with Gasteiger partial charge in [-0.05, 0) is 13.8 Å². The number of fused-ring (bicyclic) bond motifs is 2. The molecular weight excluding hydrogens is 368 g/mol. The second kappa shape index (κ2) is 11.0. The summed E-state index contributed by atoms with van der Waals surface area (Å²) < 4.78 is 0. The largest absolute Gasteiger partial charge is 0.307 e. The molecule has 0 radical (unpaired) electrons. The first kappa shape index (κ1) is 21.3. The molecule has 4 aromatic rings. The normalized spacial score (nSPS) is 9.48. The summed E-state index contributed by atoms with van der Waals surface area (Å²) >= 11 is 0. The molecule has 0 bridgehead atoms. The molecule has 0 aliphatic heterocycles. The Labute approximate surface area is 168 Å². The predicted molar refractivity (Wildman–Crippen MR) is 116 cm³/mol. The summed E-state index contributed by atoms with van der Waals surface area (Å²) in [7, 11) is 0. The van der Waals surface area contributed by atoms with Gasteiger partial charge in [0.1, 0.15) is 6.79 Å². The molecule has 2 aromatic carbocycles. The van der Waals surface area contributed by atoms with E-state index in [0.29, 0.717) is 11.6 Å². The molecule has 2 aromatic heterocycles. The van der Waals surface area contributed by atoms with Gasteiger partial charge in [-0.15, -0.1) is 10.2 Å². The number of hydrogen-bond acceptors (Lipinski definition) is 9. The summed E-state index contributed by atoms with van der Waals surface area (Å²) in [6.07, 6.45) is 3.44. The van der Waals surface area contributed by atoms with Crippen molar-refractivity contribution in [1.82, 2.24) is 20.4 Å². The Morgan fingerprint density at radius 3 is 1.86 bits per heavy atom. The SMILES string of the molecule is C=O.CC(C)=NNc1nncc2ccccc12.NNc1nncc2ccccc12. The van der Waals surface area contributed by atoms with Crippen molar-refractivity contribution in [2.45, 2.75) is 13.8 Å². The number of nitrogen functional groups attached to an aromatic ring is 1. The maximum absolute atomic E-state index is 8.00. The number of carbonyl (C=O) groups excluding carboxylic acids is 1. The Morgan fingerprint density at radius 2 is 1.34 bits per heavy atom. The van der Waals surface area contributed by atoms with Crippen LogP contribution in [0.4, 0.5) is 11.6 Å². The second-order valence-corrected chi connectivity index (χ2v) is 5.88. The highest BCUT2D eigenvalue weighted by Crippen LogP contribution is 2.19. The van der Waals surface area contributed by atoms with E-state index in [2.05, 4.69) is 36.3 Å². The number of nitrogens with zero attached hydrogens (tertiary/aromatic N) is 5. The molecule has 2 heterocycles. The maximum atomic E-state index is 8.00. The van der Waals surface area contributed by atoms with E-state index in [1.807, 2.05) is 69.2 Å². The zero-order chi connectivity index (χ0) is 21.1. The molecule has 0 fully saturated rings. The standard InChI is InChI=1S/C11H12N4.C8H8N4.CH2O/c1-8(2)13-15-11-10-6-4-3-5-9(10)7-12-14-11;9-11-8-7-4-2-1-3-6(7)5-10-12-8;1-2/h3-7H,1-2H3,(H,14,15);1-5H,9H2,(H,11,12);1H2. The summed E-state index contributed by atoms with van der Waals surface area (Å²) in [6.45, 7) is 5.84. The lowest BCUT2D eigenvalue weighted by atomic mass is 10.2. The van der Waals surface area contributed by atoms with Crippen molar-refractivity contribution >= 4 is 45.7 Å². The molecule has 0 amide bonds. The fraction of sp³-hybridized carbons (Fsp3) is 0.100. The van der Waals surface area contributed by atoms with Gasteiger partial charge in [0.25, 0.3) is 0 Å². The summed E-state index contributed by atoms with van der Waals surface area (Å²) in [5.41, 5.74) is 6.35. The third kappa shape index (κ3) is 5.75. The number of aromatic nitrogens is 4. The van der Waals surface area contributed by atoms with Gasteiger partial charge >= 0.3 is 0 Å². The molecule has 0 unspecified atom stereocenters. The van der Waals surface area contributed by atoms with Crippen LogP contribution in [0.15, 0.2) is 66.0 Å². The number of anilines is 2. The molecule has 0 spiro atoms. The predicted octanol–water partition coefficient (Wildman–Crippen LogP) is 3.17. The molecule has 0 saturated carbocycles. The number of hydrazine groups is 1. The van der Waals surface area contributed by atoms with Gasteiger partial charge in [0, 0.05) is 27.3 Å². The minimum absolute atomic E-state index is 0.605. The van der Waals surface area contributed by atoms with Crippen molar-refractivity contribution in [2.24, 2.45) is 10.9 Å². The minimum Gasteiger partial charge on any atom is -0.307 e. The number of nitrogens with two attached hydrogens (primary N) is 1. The Hall–Kier alpha value is -3.98. The summed E-state index contributed by atoms with van der Waals surface area (Å²) in [4.78, 5) is 8.00. The lowest BCUT2D eigenvalue weighted by molar-refractivity contribution is -0.0979. The van der Waals surface area contributed by atoms with Crippen molar-refractivity contribution in [2.75, 3.05) is 10.9 Å². The zero-order valence-electron chi connectivity index (χ0n) is 16.2. The molecule has 29 heavy (non-hydrogen) atoms. The monoisotopic (exact) mass is 390 g/mol. The van der Waals surface area contributed by atoms with Crippen molar-refractivity contribution in [3.63, 3.8) is 0 Å². The minimum atomic E-state index is 0.605. The van der Waals surface area contributed by atoms with Gasteiger partial charge < -0.3 is 10.2 Å². The number of rotatable bonds is 3. The van der Waals surface area contributed by atoms with E-state index in [-0.39, 0.29) is 0 Å². The Balaban J connectivity index is 0.000000194. The Kier molecular flexibility index (Phi) is 8.09. The van der Waals surface area contributed by atoms with Crippen LogP contribution in [0.2, 0.25) is 0 Å².